The van der Waals surface area contributed by atoms with E-state index in [1.54, 1.807) is 0 Å². The van der Waals surface area contributed by atoms with Crippen LogP contribution in [0.15, 0.2) is 24.3 Å². The highest BCUT2D eigenvalue weighted by atomic mass is 16.5. The zero-order valence-electron chi connectivity index (χ0n) is 13.3. The second-order valence-electron chi connectivity index (χ2n) is 6.77. The van der Waals surface area contributed by atoms with Crippen molar-refractivity contribution in [2.45, 2.75) is 31.1 Å². The van der Waals surface area contributed by atoms with Gasteiger partial charge in [-0.05, 0) is 30.4 Å². The number of amides is 2. The number of nitrogens with zero attached hydrogens (tertiary/aromatic N) is 2. The molecule has 1 aromatic carbocycles. The van der Waals surface area contributed by atoms with Gasteiger partial charge in [0.2, 0.25) is 11.8 Å². The summed E-state index contributed by atoms with van der Waals surface area (Å²) in [5, 5.41) is 0. The van der Waals surface area contributed by atoms with Crippen LogP contribution in [0, 0.1) is 0 Å². The summed E-state index contributed by atoms with van der Waals surface area (Å²) in [5.74, 6) is -0.0284. The molecule has 1 atom stereocenters. The maximum atomic E-state index is 13.2. The molecule has 122 valence electrons. The second-order valence-corrected chi connectivity index (χ2v) is 6.77. The molecule has 0 bridgehead atoms. The van der Waals surface area contributed by atoms with Gasteiger partial charge >= 0.3 is 0 Å². The molecular weight excluding hydrogens is 292 g/mol. The van der Waals surface area contributed by atoms with Gasteiger partial charge in [0.15, 0.2) is 0 Å². The molecule has 5 nitrogen and oxygen atoms in total. The third-order valence-electron chi connectivity index (χ3n) is 5.44. The Morgan fingerprint density at radius 2 is 1.91 bits per heavy atom. The molecule has 4 rings (SSSR count). The Kier molecular flexibility index (Phi) is 3.70. The lowest BCUT2D eigenvalue weighted by molar-refractivity contribution is -0.143. The third-order valence-corrected chi connectivity index (χ3v) is 5.44. The topological polar surface area (TPSA) is 49.9 Å². The molecule has 1 spiro atoms. The van der Waals surface area contributed by atoms with Crippen LogP contribution in [0.4, 0.5) is 0 Å². The lowest BCUT2D eigenvalue weighted by Gasteiger charge is -2.34. The van der Waals surface area contributed by atoms with E-state index in [0.717, 1.165) is 37.9 Å². The number of imide groups is 1. The van der Waals surface area contributed by atoms with E-state index in [9.17, 15) is 9.59 Å². The Bertz CT molecular complexity index is 639. The van der Waals surface area contributed by atoms with E-state index in [-0.39, 0.29) is 11.8 Å². The highest BCUT2D eigenvalue weighted by Gasteiger charge is 2.54. The highest BCUT2D eigenvalue weighted by Crippen LogP contribution is 2.45. The Hall–Kier alpha value is -1.72. The fourth-order valence-electron chi connectivity index (χ4n) is 4.21. The predicted molar refractivity (Wildman–Crippen MR) is 84.8 cm³/mol. The fourth-order valence-corrected chi connectivity index (χ4v) is 4.21. The van der Waals surface area contributed by atoms with Gasteiger partial charge in [0.05, 0.1) is 25.3 Å². The number of rotatable bonds is 2. The number of benzene rings is 1. The first-order valence-electron chi connectivity index (χ1n) is 8.44. The van der Waals surface area contributed by atoms with Crippen LogP contribution >= 0.6 is 0 Å². The Morgan fingerprint density at radius 1 is 1.13 bits per heavy atom. The Labute approximate surface area is 136 Å². The first-order chi connectivity index (χ1) is 11.2. The average Bonchev–Trinajstić information content (AvgIpc) is 2.81. The van der Waals surface area contributed by atoms with Crippen molar-refractivity contribution in [2.75, 3.05) is 33.0 Å². The summed E-state index contributed by atoms with van der Waals surface area (Å²) in [6.07, 6.45) is 3.09. The minimum Gasteiger partial charge on any atom is -0.379 e. The molecule has 2 fully saturated rings. The summed E-state index contributed by atoms with van der Waals surface area (Å²) >= 11 is 0. The van der Waals surface area contributed by atoms with E-state index in [1.165, 1.54) is 10.5 Å². The number of ether oxygens (including phenoxy) is 1. The van der Waals surface area contributed by atoms with Crippen LogP contribution in [0.25, 0.3) is 0 Å². The quantitative estimate of drug-likeness (QED) is 0.772. The van der Waals surface area contributed by atoms with Gasteiger partial charge in [-0.3, -0.25) is 19.4 Å². The molecule has 3 aliphatic rings. The summed E-state index contributed by atoms with van der Waals surface area (Å²) in [5.41, 5.74) is 1.69. The van der Waals surface area contributed by atoms with Crippen molar-refractivity contribution in [3.05, 3.63) is 35.4 Å². The minimum atomic E-state index is -0.613. The van der Waals surface area contributed by atoms with Crippen LogP contribution in [-0.2, 0) is 26.2 Å². The van der Waals surface area contributed by atoms with E-state index in [4.69, 9.17) is 4.74 Å². The minimum absolute atomic E-state index is 0.00106. The summed E-state index contributed by atoms with van der Waals surface area (Å²) in [6, 6.07) is 8.13. The predicted octanol–water partition coefficient (Wildman–Crippen LogP) is 1.31. The smallest absolute Gasteiger partial charge is 0.241 e. The van der Waals surface area contributed by atoms with E-state index in [1.807, 2.05) is 18.2 Å². The second kappa shape index (κ2) is 5.73. The first-order valence-corrected chi connectivity index (χ1v) is 8.44. The lowest BCUT2D eigenvalue weighted by Crippen LogP contribution is -2.48. The van der Waals surface area contributed by atoms with Crippen molar-refractivity contribution >= 4 is 11.8 Å². The first kappa shape index (κ1) is 14.8. The largest absolute Gasteiger partial charge is 0.379 e. The summed E-state index contributed by atoms with van der Waals surface area (Å²) in [7, 11) is 0. The molecule has 1 aliphatic carbocycles. The molecule has 0 saturated carbocycles. The number of likely N-dealkylation sites (tertiary alicyclic amines) is 1. The van der Waals surface area contributed by atoms with Gasteiger partial charge in [0, 0.05) is 19.5 Å². The lowest BCUT2D eigenvalue weighted by atomic mass is 9.69. The maximum Gasteiger partial charge on any atom is 0.241 e. The molecular formula is C18H22N2O3. The summed E-state index contributed by atoms with van der Waals surface area (Å²) < 4.78 is 5.34. The van der Waals surface area contributed by atoms with Crippen molar-refractivity contribution < 1.29 is 14.3 Å². The number of hydrogen-bond acceptors (Lipinski definition) is 4. The molecule has 2 amide bonds. The standard InChI is InChI=1S/C18H22N2O3/c21-16-12-18(7-3-5-14-4-1-2-6-15(14)18)17(22)20(16)13-19-8-10-23-11-9-19/h1-2,4,6H,3,5,7-13H2. The molecule has 1 aromatic rings. The van der Waals surface area contributed by atoms with Gasteiger partial charge in [-0.25, -0.2) is 0 Å². The fraction of sp³-hybridized carbons (Fsp3) is 0.556. The average molecular weight is 314 g/mol. The summed E-state index contributed by atoms with van der Waals surface area (Å²) in [6.45, 7) is 3.31. The van der Waals surface area contributed by atoms with Crippen molar-refractivity contribution in [2.24, 2.45) is 0 Å². The van der Waals surface area contributed by atoms with Gasteiger partial charge in [0.25, 0.3) is 0 Å². The summed E-state index contributed by atoms with van der Waals surface area (Å²) in [4.78, 5) is 29.4. The van der Waals surface area contributed by atoms with Crippen LogP contribution in [0.3, 0.4) is 0 Å². The SMILES string of the molecule is O=C1CC2(CCCc3ccccc32)C(=O)N1CN1CCOCC1. The van der Waals surface area contributed by atoms with E-state index in [0.29, 0.717) is 26.3 Å². The van der Waals surface area contributed by atoms with Crippen LogP contribution in [-0.4, -0.2) is 54.6 Å². The maximum absolute atomic E-state index is 13.2. The van der Waals surface area contributed by atoms with Gasteiger partial charge in [-0.2, -0.15) is 0 Å². The normalized spacial score (nSPS) is 28.4. The Morgan fingerprint density at radius 3 is 2.74 bits per heavy atom. The number of fused-ring (bicyclic) bond motifs is 2. The van der Waals surface area contributed by atoms with Crippen LogP contribution in [0.2, 0.25) is 0 Å². The molecule has 0 N–H and O–H groups in total. The number of hydrogen-bond donors (Lipinski definition) is 0. The number of carbonyl (C=O) groups is 2. The third kappa shape index (κ3) is 2.39. The van der Waals surface area contributed by atoms with Crippen molar-refractivity contribution in [1.29, 1.82) is 0 Å². The number of aryl methyl sites for hydroxylation is 1. The van der Waals surface area contributed by atoms with Crippen LogP contribution in [0.1, 0.15) is 30.4 Å². The molecule has 2 aliphatic heterocycles. The van der Waals surface area contributed by atoms with Crippen molar-refractivity contribution in [3.8, 4) is 0 Å². The van der Waals surface area contributed by atoms with E-state index >= 15 is 0 Å². The van der Waals surface area contributed by atoms with Crippen LogP contribution < -0.4 is 0 Å². The van der Waals surface area contributed by atoms with Gasteiger partial charge in [-0.1, -0.05) is 24.3 Å². The molecule has 5 heteroatoms. The Balaban J connectivity index is 1.62. The van der Waals surface area contributed by atoms with Crippen molar-refractivity contribution in [3.63, 3.8) is 0 Å². The number of carbonyl (C=O) groups excluding carboxylic acids is 2. The highest BCUT2D eigenvalue weighted by molar-refractivity contribution is 6.09. The van der Waals surface area contributed by atoms with Crippen molar-refractivity contribution in [1.82, 2.24) is 9.80 Å². The zero-order chi connectivity index (χ0) is 15.9. The molecule has 1 unspecified atom stereocenters. The van der Waals surface area contributed by atoms with E-state index in [2.05, 4.69) is 11.0 Å². The molecule has 23 heavy (non-hydrogen) atoms. The molecule has 2 saturated heterocycles. The molecule has 0 aromatic heterocycles. The zero-order valence-corrected chi connectivity index (χ0v) is 13.3. The number of morpholine rings is 1. The monoisotopic (exact) mass is 314 g/mol. The van der Waals surface area contributed by atoms with Gasteiger partial charge in [-0.15, -0.1) is 0 Å². The van der Waals surface area contributed by atoms with Gasteiger partial charge in [0.1, 0.15) is 0 Å². The van der Waals surface area contributed by atoms with Gasteiger partial charge < -0.3 is 4.74 Å². The molecule has 0 radical (unpaired) electrons. The van der Waals surface area contributed by atoms with E-state index < -0.39 is 5.41 Å². The van der Waals surface area contributed by atoms with Crippen LogP contribution in [0.5, 0.6) is 0 Å². The molecule has 2 heterocycles.